The first-order valence-electron chi connectivity index (χ1n) is 9.11. The molecule has 0 saturated carbocycles. The van der Waals surface area contributed by atoms with Gasteiger partial charge in [0.25, 0.3) is 0 Å². The van der Waals surface area contributed by atoms with Crippen LogP contribution in [0.25, 0.3) is 16.7 Å². The molecule has 2 aromatic carbocycles. The summed E-state index contributed by atoms with van der Waals surface area (Å²) >= 11 is 7.56. The molecule has 156 valence electrons. The summed E-state index contributed by atoms with van der Waals surface area (Å²) in [7, 11) is 1.32. The predicted molar refractivity (Wildman–Crippen MR) is 119 cm³/mol. The number of nitrogens with one attached hydrogen (secondary N) is 1. The summed E-state index contributed by atoms with van der Waals surface area (Å²) in [6.07, 6.45) is 3.09. The molecule has 1 N–H and O–H groups in total. The molecule has 0 unspecified atom stereocenters. The highest BCUT2D eigenvalue weighted by Gasteiger charge is 2.14. The molecule has 0 saturated heterocycles. The van der Waals surface area contributed by atoms with Crippen LogP contribution in [0, 0.1) is 0 Å². The quantitative estimate of drug-likeness (QED) is 0.268. The second-order valence-electron chi connectivity index (χ2n) is 6.33. The number of anilines is 1. The monoisotopic (exact) mass is 453 g/mol. The molecule has 1 amide bonds. The topological polar surface area (TPSA) is 99.0 Å². The van der Waals surface area contributed by atoms with Crippen LogP contribution in [0.4, 0.5) is 5.69 Å². The zero-order valence-corrected chi connectivity index (χ0v) is 17.9. The molecule has 31 heavy (non-hydrogen) atoms. The molecule has 0 radical (unpaired) electrons. The molecule has 0 aliphatic rings. The van der Waals surface area contributed by atoms with E-state index in [1.54, 1.807) is 41.2 Å². The molecule has 4 rings (SSSR count). The normalized spacial score (nSPS) is 10.8. The molecule has 0 bridgehead atoms. The van der Waals surface area contributed by atoms with E-state index < -0.39 is 5.97 Å². The number of hydrogen-bond donors (Lipinski definition) is 1. The fourth-order valence-corrected chi connectivity index (χ4v) is 3.85. The summed E-state index contributed by atoms with van der Waals surface area (Å²) in [5, 5.41) is 9.10. The predicted octanol–water partition coefficient (Wildman–Crippen LogP) is 3.99. The molecule has 2 aromatic heterocycles. The number of benzene rings is 2. The Morgan fingerprint density at radius 2 is 1.90 bits per heavy atom. The van der Waals surface area contributed by atoms with Crippen LogP contribution in [-0.4, -0.2) is 44.5 Å². The van der Waals surface area contributed by atoms with Crippen molar-refractivity contribution in [1.29, 1.82) is 0 Å². The lowest BCUT2D eigenvalue weighted by molar-refractivity contribution is -0.113. The SMILES string of the molecule is COC(=O)c1ccc(NC(=O)CSc2ncnc3c2cnn3-c2ccccc2Cl)cc1. The maximum atomic E-state index is 12.4. The van der Waals surface area contributed by atoms with Gasteiger partial charge < -0.3 is 10.1 Å². The molecule has 10 heteroatoms. The number of esters is 1. The van der Waals surface area contributed by atoms with Crippen molar-refractivity contribution in [2.24, 2.45) is 0 Å². The number of hydrogen-bond acceptors (Lipinski definition) is 7. The van der Waals surface area contributed by atoms with E-state index in [9.17, 15) is 9.59 Å². The van der Waals surface area contributed by atoms with Crippen LogP contribution in [0.3, 0.4) is 0 Å². The molecule has 0 aliphatic heterocycles. The van der Waals surface area contributed by atoms with Gasteiger partial charge in [0.15, 0.2) is 5.65 Å². The van der Waals surface area contributed by atoms with E-state index in [0.29, 0.717) is 32.6 Å². The average Bonchev–Trinajstić information content (AvgIpc) is 3.22. The number of fused-ring (bicyclic) bond motifs is 1. The lowest BCUT2D eigenvalue weighted by Gasteiger charge is -2.07. The van der Waals surface area contributed by atoms with Gasteiger partial charge in [-0.2, -0.15) is 5.10 Å². The van der Waals surface area contributed by atoms with E-state index in [4.69, 9.17) is 11.6 Å². The number of thioether (sulfide) groups is 1. The van der Waals surface area contributed by atoms with Gasteiger partial charge in [-0.3, -0.25) is 4.79 Å². The molecule has 8 nitrogen and oxygen atoms in total. The zero-order chi connectivity index (χ0) is 21.8. The van der Waals surface area contributed by atoms with Crippen molar-refractivity contribution in [2.45, 2.75) is 5.03 Å². The average molecular weight is 454 g/mol. The number of rotatable bonds is 6. The Labute approximate surface area is 186 Å². The Kier molecular flexibility index (Phi) is 6.15. The lowest BCUT2D eigenvalue weighted by Crippen LogP contribution is -2.14. The van der Waals surface area contributed by atoms with Crippen LogP contribution in [0.2, 0.25) is 5.02 Å². The van der Waals surface area contributed by atoms with Crippen LogP contribution in [0.1, 0.15) is 10.4 Å². The number of carbonyl (C=O) groups excluding carboxylic acids is 2. The van der Waals surface area contributed by atoms with Crippen molar-refractivity contribution in [3.63, 3.8) is 0 Å². The summed E-state index contributed by atoms with van der Waals surface area (Å²) in [6.45, 7) is 0. The van der Waals surface area contributed by atoms with Crippen molar-refractivity contribution in [1.82, 2.24) is 19.7 Å². The van der Waals surface area contributed by atoms with Crippen molar-refractivity contribution in [3.05, 3.63) is 71.6 Å². The minimum atomic E-state index is -0.432. The second-order valence-corrected chi connectivity index (χ2v) is 7.70. The summed E-state index contributed by atoms with van der Waals surface area (Å²) in [4.78, 5) is 32.5. The number of para-hydroxylation sites is 1. The standard InChI is InChI=1S/C21H16ClN5O3S/c1-30-21(29)13-6-8-14(9-7-13)26-18(28)11-31-20-15-10-25-27(19(15)23-12-24-20)17-5-3-2-4-16(17)22/h2-10,12H,11H2,1H3,(H,26,28). The van der Waals surface area contributed by atoms with E-state index in [-0.39, 0.29) is 11.7 Å². The van der Waals surface area contributed by atoms with Gasteiger partial charge in [0.2, 0.25) is 5.91 Å². The van der Waals surface area contributed by atoms with E-state index in [1.807, 2.05) is 18.2 Å². The fraction of sp³-hybridized carbons (Fsp3) is 0.0952. The Morgan fingerprint density at radius 3 is 2.65 bits per heavy atom. The van der Waals surface area contributed by atoms with Crippen LogP contribution in [0.15, 0.2) is 66.1 Å². The van der Waals surface area contributed by atoms with E-state index in [2.05, 4.69) is 25.1 Å². The highest BCUT2D eigenvalue weighted by Crippen LogP contribution is 2.28. The van der Waals surface area contributed by atoms with Crippen molar-refractivity contribution < 1.29 is 14.3 Å². The number of amides is 1. The maximum absolute atomic E-state index is 12.4. The smallest absolute Gasteiger partial charge is 0.337 e. The van der Waals surface area contributed by atoms with Crippen molar-refractivity contribution in [2.75, 3.05) is 18.2 Å². The van der Waals surface area contributed by atoms with E-state index in [0.717, 1.165) is 5.39 Å². The lowest BCUT2D eigenvalue weighted by atomic mass is 10.2. The third-order valence-electron chi connectivity index (χ3n) is 4.34. The first kappa shape index (κ1) is 20.8. The summed E-state index contributed by atoms with van der Waals surface area (Å²) in [5.74, 6) is -0.498. The molecule has 4 aromatic rings. The largest absolute Gasteiger partial charge is 0.465 e. The van der Waals surface area contributed by atoms with E-state index in [1.165, 1.54) is 25.2 Å². The highest BCUT2D eigenvalue weighted by atomic mass is 35.5. The number of ether oxygens (including phenoxy) is 1. The molecular formula is C21H16ClN5O3S. The summed E-state index contributed by atoms with van der Waals surface area (Å²) < 4.78 is 6.31. The van der Waals surface area contributed by atoms with Gasteiger partial charge in [0.05, 0.1) is 40.7 Å². The summed E-state index contributed by atoms with van der Waals surface area (Å²) in [6, 6.07) is 13.8. The van der Waals surface area contributed by atoms with Crippen LogP contribution < -0.4 is 5.32 Å². The van der Waals surface area contributed by atoms with Gasteiger partial charge in [-0.05, 0) is 36.4 Å². The molecular weight excluding hydrogens is 438 g/mol. The number of methoxy groups -OCH3 is 1. The van der Waals surface area contributed by atoms with Gasteiger partial charge in [0.1, 0.15) is 11.4 Å². The molecule has 0 spiro atoms. The Morgan fingerprint density at radius 1 is 1.13 bits per heavy atom. The number of nitrogens with zero attached hydrogens (tertiary/aromatic N) is 4. The van der Waals surface area contributed by atoms with Gasteiger partial charge in [-0.15, -0.1) is 0 Å². The van der Waals surface area contributed by atoms with Crippen LogP contribution in [0.5, 0.6) is 0 Å². The molecule has 0 aliphatic carbocycles. The first-order chi connectivity index (χ1) is 15.1. The van der Waals surface area contributed by atoms with Crippen LogP contribution >= 0.6 is 23.4 Å². The van der Waals surface area contributed by atoms with Crippen molar-refractivity contribution >= 4 is 52.0 Å². The Bertz CT molecular complexity index is 1260. The molecule has 2 heterocycles. The molecule has 0 atom stereocenters. The fourth-order valence-electron chi connectivity index (χ4n) is 2.88. The van der Waals surface area contributed by atoms with Gasteiger partial charge in [0, 0.05) is 5.69 Å². The first-order valence-corrected chi connectivity index (χ1v) is 10.5. The number of halogens is 1. The van der Waals surface area contributed by atoms with Crippen LogP contribution in [-0.2, 0) is 9.53 Å². The van der Waals surface area contributed by atoms with Gasteiger partial charge in [-0.25, -0.2) is 19.4 Å². The molecule has 0 fully saturated rings. The minimum absolute atomic E-state index is 0.141. The third-order valence-corrected chi connectivity index (χ3v) is 5.66. The second kappa shape index (κ2) is 9.15. The van der Waals surface area contributed by atoms with Crippen molar-refractivity contribution in [3.8, 4) is 5.69 Å². The maximum Gasteiger partial charge on any atom is 0.337 e. The van der Waals surface area contributed by atoms with Gasteiger partial charge >= 0.3 is 5.97 Å². The van der Waals surface area contributed by atoms with E-state index >= 15 is 0 Å². The number of aromatic nitrogens is 4. The zero-order valence-electron chi connectivity index (χ0n) is 16.3. The highest BCUT2D eigenvalue weighted by molar-refractivity contribution is 8.00. The minimum Gasteiger partial charge on any atom is -0.465 e. The number of carbonyl (C=O) groups is 2. The summed E-state index contributed by atoms with van der Waals surface area (Å²) in [5.41, 5.74) is 2.30. The van der Waals surface area contributed by atoms with Gasteiger partial charge in [-0.1, -0.05) is 35.5 Å². The Balaban J connectivity index is 1.46. The Hall–Kier alpha value is -3.43. The third kappa shape index (κ3) is 4.52.